The first-order valence-corrected chi connectivity index (χ1v) is 9.26. The van der Waals surface area contributed by atoms with Crippen LogP contribution < -0.4 is 5.32 Å². The lowest BCUT2D eigenvalue weighted by Gasteiger charge is -2.32. The topological polar surface area (TPSA) is 74.4 Å². The number of likely N-dealkylation sites (tertiary alicyclic amines) is 1. The molecule has 0 aromatic carbocycles. The van der Waals surface area contributed by atoms with Gasteiger partial charge in [-0.2, -0.15) is 0 Å². The molecule has 1 saturated heterocycles. The zero-order valence-electron chi connectivity index (χ0n) is 16.1. The van der Waals surface area contributed by atoms with Crippen LogP contribution >= 0.6 is 0 Å². The molecule has 0 atom stereocenters. The van der Waals surface area contributed by atoms with Gasteiger partial charge >= 0.3 is 5.97 Å². The molecule has 1 aromatic heterocycles. The zero-order chi connectivity index (χ0) is 18.6. The average molecular weight is 349 g/mol. The van der Waals surface area contributed by atoms with Crippen LogP contribution in [0.5, 0.6) is 0 Å². The summed E-state index contributed by atoms with van der Waals surface area (Å²) in [5, 5.41) is 3.11. The second kappa shape index (κ2) is 8.52. The molecular weight excluding hydrogens is 318 g/mol. The van der Waals surface area contributed by atoms with Gasteiger partial charge in [0.2, 0.25) is 0 Å². The third-order valence-corrected chi connectivity index (χ3v) is 4.67. The quantitative estimate of drug-likeness (QED) is 0.775. The number of esters is 1. The summed E-state index contributed by atoms with van der Waals surface area (Å²) in [6, 6.07) is 0.190. The van der Waals surface area contributed by atoms with E-state index in [-0.39, 0.29) is 24.0 Å². The molecule has 0 bridgehead atoms. The molecule has 1 fully saturated rings. The fourth-order valence-electron chi connectivity index (χ4n) is 3.43. The van der Waals surface area contributed by atoms with Gasteiger partial charge in [0.15, 0.2) is 0 Å². The molecule has 1 amide bonds. The Balaban J connectivity index is 2.02. The van der Waals surface area contributed by atoms with Gasteiger partial charge in [0, 0.05) is 24.8 Å². The van der Waals surface area contributed by atoms with Crippen molar-refractivity contribution in [3.8, 4) is 0 Å². The number of aryl methyl sites for hydroxylation is 1. The first-order valence-electron chi connectivity index (χ1n) is 9.26. The van der Waals surface area contributed by atoms with Crippen molar-refractivity contribution in [3.05, 3.63) is 22.5 Å². The number of aromatic nitrogens is 1. The van der Waals surface area contributed by atoms with Crippen molar-refractivity contribution in [2.45, 2.75) is 66.0 Å². The zero-order valence-corrected chi connectivity index (χ0v) is 16.1. The Morgan fingerprint density at radius 3 is 2.48 bits per heavy atom. The van der Waals surface area contributed by atoms with E-state index in [2.05, 4.69) is 22.1 Å². The van der Waals surface area contributed by atoms with Crippen LogP contribution in [-0.4, -0.2) is 53.5 Å². The highest BCUT2D eigenvalue weighted by atomic mass is 16.5. The summed E-state index contributed by atoms with van der Waals surface area (Å²) in [5.74, 6) is -0.522. The molecule has 6 heteroatoms. The number of hydrogen-bond acceptors (Lipinski definition) is 4. The summed E-state index contributed by atoms with van der Waals surface area (Å²) in [7, 11) is 0. The van der Waals surface area contributed by atoms with Crippen LogP contribution in [0.2, 0.25) is 0 Å². The number of ether oxygens (including phenoxy) is 1. The van der Waals surface area contributed by atoms with Gasteiger partial charge in [-0.1, -0.05) is 6.92 Å². The lowest BCUT2D eigenvalue weighted by molar-refractivity contribution is 0.0376. The minimum atomic E-state index is -0.381. The van der Waals surface area contributed by atoms with Crippen molar-refractivity contribution in [2.75, 3.05) is 19.6 Å². The molecule has 1 aliphatic rings. The molecule has 2 heterocycles. The van der Waals surface area contributed by atoms with Crippen molar-refractivity contribution in [2.24, 2.45) is 0 Å². The molecule has 0 unspecified atom stereocenters. The van der Waals surface area contributed by atoms with Crippen molar-refractivity contribution in [3.63, 3.8) is 0 Å². The number of piperidine rings is 1. The first-order chi connectivity index (χ1) is 11.8. The summed E-state index contributed by atoms with van der Waals surface area (Å²) in [4.78, 5) is 30.4. The highest BCUT2D eigenvalue weighted by Crippen LogP contribution is 2.20. The lowest BCUT2D eigenvalue weighted by Crippen LogP contribution is -2.45. The molecule has 0 radical (unpaired) electrons. The van der Waals surface area contributed by atoms with Crippen LogP contribution in [-0.2, 0) is 4.74 Å². The van der Waals surface area contributed by atoms with Gasteiger partial charge in [-0.25, -0.2) is 4.79 Å². The number of nitrogens with zero attached hydrogens (tertiary/aromatic N) is 1. The number of rotatable bonds is 6. The van der Waals surface area contributed by atoms with Crippen molar-refractivity contribution < 1.29 is 14.3 Å². The number of carbonyl (C=O) groups excluding carboxylic acids is 2. The van der Waals surface area contributed by atoms with E-state index in [1.54, 1.807) is 13.8 Å². The van der Waals surface area contributed by atoms with Crippen LogP contribution in [0.3, 0.4) is 0 Å². The average Bonchev–Trinajstić information content (AvgIpc) is 2.83. The van der Waals surface area contributed by atoms with Crippen molar-refractivity contribution in [1.29, 1.82) is 0 Å². The SMILES string of the molecule is CCCN1CCC(NC(=O)c2[nH]c(C)c(C(=O)OC(C)C)c2C)CC1. The van der Waals surface area contributed by atoms with Gasteiger partial charge < -0.3 is 19.9 Å². The van der Waals surface area contributed by atoms with Crippen LogP contribution in [0.25, 0.3) is 0 Å². The van der Waals surface area contributed by atoms with E-state index >= 15 is 0 Å². The smallest absolute Gasteiger partial charge is 0.340 e. The molecule has 0 aliphatic carbocycles. The van der Waals surface area contributed by atoms with E-state index < -0.39 is 0 Å². The molecule has 0 saturated carbocycles. The minimum Gasteiger partial charge on any atom is -0.459 e. The Kier molecular flexibility index (Phi) is 6.64. The number of carbonyl (C=O) groups is 2. The third-order valence-electron chi connectivity index (χ3n) is 4.67. The maximum absolute atomic E-state index is 12.6. The molecule has 0 spiro atoms. The predicted molar refractivity (Wildman–Crippen MR) is 98.0 cm³/mol. The molecular formula is C19H31N3O3. The summed E-state index contributed by atoms with van der Waals surface area (Å²) in [6.07, 6.45) is 2.90. The largest absolute Gasteiger partial charge is 0.459 e. The maximum atomic E-state index is 12.6. The molecule has 25 heavy (non-hydrogen) atoms. The van der Waals surface area contributed by atoms with Crippen molar-refractivity contribution in [1.82, 2.24) is 15.2 Å². The van der Waals surface area contributed by atoms with E-state index in [1.165, 1.54) is 0 Å². The highest BCUT2D eigenvalue weighted by molar-refractivity contribution is 6.00. The van der Waals surface area contributed by atoms with Gasteiger partial charge in [0.1, 0.15) is 5.69 Å². The predicted octanol–water partition coefficient (Wildman–Crippen LogP) is 2.80. The number of nitrogens with one attached hydrogen (secondary N) is 2. The molecule has 6 nitrogen and oxygen atoms in total. The second-order valence-corrected chi connectivity index (χ2v) is 7.17. The normalized spacial score (nSPS) is 16.2. The van der Waals surface area contributed by atoms with Crippen LogP contribution in [0.4, 0.5) is 0 Å². The molecule has 2 N–H and O–H groups in total. The molecule has 2 rings (SSSR count). The van der Waals surface area contributed by atoms with E-state index in [0.717, 1.165) is 38.9 Å². The number of amides is 1. The van der Waals surface area contributed by atoms with E-state index in [9.17, 15) is 9.59 Å². The van der Waals surface area contributed by atoms with E-state index in [4.69, 9.17) is 4.74 Å². The van der Waals surface area contributed by atoms with Gasteiger partial charge in [0.05, 0.1) is 11.7 Å². The van der Waals surface area contributed by atoms with Gasteiger partial charge in [-0.3, -0.25) is 4.79 Å². The molecule has 140 valence electrons. The van der Waals surface area contributed by atoms with E-state index in [1.807, 2.05) is 13.8 Å². The Morgan fingerprint density at radius 1 is 1.28 bits per heavy atom. The maximum Gasteiger partial charge on any atom is 0.340 e. The second-order valence-electron chi connectivity index (χ2n) is 7.17. The van der Waals surface area contributed by atoms with E-state index in [0.29, 0.717) is 22.5 Å². The number of hydrogen-bond donors (Lipinski definition) is 2. The number of aromatic amines is 1. The van der Waals surface area contributed by atoms with Gasteiger partial charge in [-0.15, -0.1) is 0 Å². The third kappa shape index (κ3) is 4.84. The standard InChI is InChI=1S/C19H31N3O3/c1-6-9-22-10-7-15(8-11-22)21-18(23)17-13(4)16(14(5)20-17)19(24)25-12(2)3/h12,15,20H,6-11H2,1-5H3,(H,21,23). The summed E-state index contributed by atoms with van der Waals surface area (Å²) < 4.78 is 5.28. The van der Waals surface area contributed by atoms with Gasteiger partial charge in [-0.05, 0) is 59.1 Å². The van der Waals surface area contributed by atoms with Gasteiger partial charge in [0.25, 0.3) is 5.91 Å². The summed E-state index contributed by atoms with van der Waals surface area (Å²) >= 11 is 0. The lowest BCUT2D eigenvalue weighted by atomic mass is 10.0. The van der Waals surface area contributed by atoms with Crippen LogP contribution in [0, 0.1) is 13.8 Å². The van der Waals surface area contributed by atoms with Crippen molar-refractivity contribution >= 4 is 11.9 Å². The first kappa shape index (κ1) is 19.5. The molecule has 1 aliphatic heterocycles. The monoisotopic (exact) mass is 349 g/mol. The number of H-pyrrole nitrogens is 1. The Labute approximate surface area is 150 Å². The molecule has 1 aromatic rings. The summed E-state index contributed by atoms with van der Waals surface area (Å²) in [6.45, 7) is 12.6. The Hall–Kier alpha value is -1.82. The van der Waals surface area contributed by atoms with Crippen LogP contribution in [0.1, 0.15) is 72.1 Å². The highest BCUT2D eigenvalue weighted by Gasteiger charge is 2.26. The fourth-order valence-corrected chi connectivity index (χ4v) is 3.43. The Morgan fingerprint density at radius 2 is 1.92 bits per heavy atom. The Bertz CT molecular complexity index is 614. The minimum absolute atomic E-state index is 0.141. The fraction of sp³-hybridized carbons (Fsp3) is 0.684. The van der Waals surface area contributed by atoms with Crippen LogP contribution in [0.15, 0.2) is 0 Å². The summed E-state index contributed by atoms with van der Waals surface area (Å²) in [5.41, 5.74) is 2.26.